The fourth-order valence-electron chi connectivity index (χ4n) is 2.51. The molecular formula is C18H24Cl2N4O4. The van der Waals surface area contributed by atoms with E-state index in [4.69, 9.17) is 10.2 Å². The lowest BCUT2D eigenvalue weighted by Gasteiger charge is -2.06. The van der Waals surface area contributed by atoms with Gasteiger partial charge in [0.25, 0.3) is 0 Å². The molecule has 154 valence electrons. The molecule has 0 saturated carbocycles. The minimum absolute atomic E-state index is 0. The Labute approximate surface area is 176 Å². The molecule has 2 rings (SSSR count). The third-order valence-electron chi connectivity index (χ3n) is 3.61. The fourth-order valence-corrected chi connectivity index (χ4v) is 2.51. The summed E-state index contributed by atoms with van der Waals surface area (Å²) >= 11 is 0. The molecule has 2 aromatic rings. The van der Waals surface area contributed by atoms with Crippen LogP contribution in [-0.2, 0) is 35.8 Å². The van der Waals surface area contributed by atoms with Crippen molar-refractivity contribution in [1.29, 1.82) is 0 Å². The van der Waals surface area contributed by atoms with Gasteiger partial charge in [-0.3, -0.25) is 0 Å². The van der Waals surface area contributed by atoms with Crippen LogP contribution in [0.25, 0.3) is 0 Å². The number of nitrogens with zero attached hydrogens (tertiary/aromatic N) is 2. The van der Waals surface area contributed by atoms with Crippen LogP contribution in [0.1, 0.15) is 11.1 Å². The average molecular weight is 431 g/mol. The maximum Gasteiger partial charge on any atom is 0.370 e. The number of rotatable bonds is 11. The maximum absolute atomic E-state index is 10.7. The Bertz CT molecular complexity index is 698. The number of hydrogen-bond acceptors (Lipinski definition) is 4. The van der Waals surface area contributed by atoms with E-state index in [1.165, 1.54) is 0 Å². The quantitative estimate of drug-likeness (QED) is 0.208. The van der Waals surface area contributed by atoms with Gasteiger partial charge in [-0.25, -0.2) is 9.59 Å². The lowest BCUT2D eigenvalue weighted by molar-refractivity contribution is -0.686. The summed E-state index contributed by atoms with van der Waals surface area (Å²) in [7, 11) is 0. The van der Waals surface area contributed by atoms with Gasteiger partial charge < -0.3 is 45.7 Å². The van der Waals surface area contributed by atoms with Crippen molar-refractivity contribution in [1.82, 2.24) is 10.6 Å². The Morgan fingerprint density at radius 2 is 1.18 bits per heavy atom. The van der Waals surface area contributed by atoms with Crippen LogP contribution in [-0.4, -0.2) is 35.2 Å². The molecule has 0 radical (unpaired) electrons. The number of halogens is 2. The highest BCUT2D eigenvalue weighted by Gasteiger charge is 2.08. The van der Waals surface area contributed by atoms with Crippen molar-refractivity contribution in [2.45, 2.75) is 26.2 Å². The molecule has 28 heavy (non-hydrogen) atoms. The Hall–Kier alpha value is -2.26. The van der Waals surface area contributed by atoms with E-state index in [1.807, 2.05) is 36.7 Å². The average Bonchev–Trinajstić information content (AvgIpc) is 2.57. The molecule has 2 aromatic heterocycles. The second kappa shape index (κ2) is 13.8. The smallest absolute Gasteiger partial charge is 0.370 e. The summed E-state index contributed by atoms with van der Waals surface area (Å²) in [5.41, 5.74) is 2.04. The molecule has 0 spiro atoms. The molecule has 0 unspecified atom stereocenters. The highest BCUT2D eigenvalue weighted by atomic mass is 35.5. The van der Waals surface area contributed by atoms with E-state index < -0.39 is 11.9 Å². The van der Waals surface area contributed by atoms with E-state index in [9.17, 15) is 9.59 Å². The van der Waals surface area contributed by atoms with Crippen molar-refractivity contribution in [2.24, 2.45) is 0 Å². The third-order valence-corrected chi connectivity index (χ3v) is 3.61. The molecule has 0 amide bonds. The number of aliphatic carboxylic acids is 2. The van der Waals surface area contributed by atoms with Gasteiger partial charge in [0.1, 0.15) is 0 Å². The minimum atomic E-state index is -0.866. The summed E-state index contributed by atoms with van der Waals surface area (Å²) in [6.45, 7) is 2.74. The van der Waals surface area contributed by atoms with Crippen LogP contribution < -0.4 is 44.6 Å². The van der Waals surface area contributed by atoms with Crippen molar-refractivity contribution >= 4 is 11.9 Å². The summed E-state index contributed by atoms with van der Waals surface area (Å²) in [4.78, 5) is 21.5. The second-order valence-electron chi connectivity index (χ2n) is 5.91. The van der Waals surface area contributed by atoms with Crippen LogP contribution in [0, 0.1) is 0 Å². The van der Waals surface area contributed by atoms with Crippen molar-refractivity contribution in [3.63, 3.8) is 0 Å². The molecule has 0 bridgehead atoms. The fraction of sp³-hybridized carbons (Fsp3) is 0.333. The predicted molar refractivity (Wildman–Crippen MR) is 92.0 cm³/mol. The van der Waals surface area contributed by atoms with E-state index >= 15 is 0 Å². The van der Waals surface area contributed by atoms with E-state index in [1.54, 1.807) is 21.5 Å². The van der Waals surface area contributed by atoms with Gasteiger partial charge in [-0.15, -0.1) is 0 Å². The van der Waals surface area contributed by atoms with Gasteiger partial charge in [0.05, 0.1) is 0 Å². The predicted octanol–water partition coefficient (Wildman–Crippen LogP) is -6.68. The number of carbonyl (C=O) groups is 2. The standard InChI is InChI=1S/C18H22N4O4.2ClH/c23-17(24)13-21-7-1-3-15(11-21)9-19-5-6-20-10-16-4-2-8-22(12-16)14-18(25)26;;/h1-4,7-8,11-12,19-20H,5-6,9-10,13-14H2;2*1H. The van der Waals surface area contributed by atoms with Crippen LogP contribution in [0.15, 0.2) is 49.1 Å². The minimum Gasteiger partial charge on any atom is -1.00 e. The molecule has 0 aliphatic heterocycles. The molecule has 0 saturated heterocycles. The second-order valence-corrected chi connectivity index (χ2v) is 5.91. The van der Waals surface area contributed by atoms with Crippen LogP contribution in [0.4, 0.5) is 0 Å². The number of carboxylic acids is 2. The largest absolute Gasteiger partial charge is 1.00 e. The highest BCUT2D eigenvalue weighted by molar-refractivity contribution is 5.65. The van der Waals surface area contributed by atoms with Gasteiger partial charge in [0, 0.05) is 49.4 Å². The third kappa shape index (κ3) is 10.2. The highest BCUT2D eigenvalue weighted by Crippen LogP contribution is 1.94. The lowest BCUT2D eigenvalue weighted by Crippen LogP contribution is -3.00. The summed E-state index contributed by atoms with van der Waals surface area (Å²) in [5, 5.41) is 24.2. The zero-order valence-electron chi connectivity index (χ0n) is 15.2. The Morgan fingerprint density at radius 1 is 0.786 bits per heavy atom. The van der Waals surface area contributed by atoms with E-state index in [0.29, 0.717) is 13.1 Å². The van der Waals surface area contributed by atoms with E-state index in [0.717, 1.165) is 24.2 Å². The summed E-state index contributed by atoms with van der Waals surface area (Å²) < 4.78 is 3.28. The molecule has 2 heterocycles. The van der Waals surface area contributed by atoms with Crippen LogP contribution in [0.5, 0.6) is 0 Å². The number of pyridine rings is 2. The van der Waals surface area contributed by atoms with Crippen LogP contribution >= 0.6 is 0 Å². The molecule has 0 aromatic carbocycles. The van der Waals surface area contributed by atoms with Crippen molar-refractivity contribution < 1.29 is 53.8 Å². The molecule has 8 nitrogen and oxygen atoms in total. The van der Waals surface area contributed by atoms with Crippen molar-refractivity contribution in [3.8, 4) is 0 Å². The molecular weight excluding hydrogens is 407 g/mol. The monoisotopic (exact) mass is 430 g/mol. The van der Waals surface area contributed by atoms with Crippen LogP contribution in [0.2, 0.25) is 0 Å². The Balaban J connectivity index is 0.00000364. The van der Waals surface area contributed by atoms with Gasteiger partial charge in [0.2, 0.25) is 13.1 Å². The summed E-state index contributed by atoms with van der Waals surface area (Å²) in [6.07, 6.45) is 7.10. The van der Waals surface area contributed by atoms with E-state index in [2.05, 4.69) is 10.6 Å². The van der Waals surface area contributed by atoms with Crippen LogP contribution in [0.3, 0.4) is 0 Å². The topological polar surface area (TPSA) is 106 Å². The molecule has 0 aliphatic rings. The molecule has 0 fully saturated rings. The zero-order chi connectivity index (χ0) is 18.8. The first-order valence-electron chi connectivity index (χ1n) is 8.34. The van der Waals surface area contributed by atoms with Crippen molar-refractivity contribution in [3.05, 3.63) is 60.2 Å². The number of carboxylic acid groups (broad SMARTS) is 2. The van der Waals surface area contributed by atoms with Gasteiger partial charge in [-0.1, -0.05) is 0 Å². The van der Waals surface area contributed by atoms with Gasteiger partial charge in [0.15, 0.2) is 24.8 Å². The number of aromatic nitrogens is 2. The number of hydrogen-bond donors (Lipinski definition) is 4. The Kier molecular flexibility index (Phi) is 12.7. The molecule has 10 heteroatoms. The van der Waals surface area contributed by atoms with Crippen molar-refractivity contribution in [2.75, 3.05) is 13.1 Å². The van der Waals surface area contributed by atoms with E-state index in [-0.39, 0.29) is 37.9 Å². The SMILES string of the molecule is O=C(O)C[n+]1cccc(CNCCNCc2ccc[n+](CC(=O)O)c2)c1.[Cl-].[Cl-]. The zero-order valence-corrected chi connectivity index (χ0v) is 16.7. The lowest BCUT2D eigenvalue weighted by atomic mass is 10.2. The number of nitrogens with one attached hydrogen (secondary N) is 2. The molecule has 0 aliphatic carbocycles. The van der Waals surface area contributed by atoms with Gasteiger partial charge >= 0.3 is 11.9 Å². The normalized spacial score (nSPS) is 9.86. The first kappa shape index (κ1) is 25.7. The first-order chi connectivity index (χ1) is 12.5. The summed E-state index contributed by atoms with van der Waals surface area (Å²) in [6, 6.07) is 7.56. The summed E-state index contributed by atoms with van der Waals surface area (Å²) in [5.74, 6) is -1.73. The first-order valence-corrected chi connectivity index (χ1v) is 8.34. The Morgan fingerprint density at radius 3 is 1.54 bits per heavy atom. The van der Waals surface area contributed by atoms with Gasteiger partial charge in [-0.05, 0) is 12.1 Å². The maximum atomic E-state index is 10.7. The molecule has 4 N–H and O–H groups in total. The molecule has 0 atom stereocenters. The van der Waals surface area contributed by atoms with Gasteiger partial charge in [-0.2, -0.15) is 9.13 Å².